The number of aromatic nitrogens is 2. The molecule has 4 rings (SSSR count). The molecule has 118 valence electrons. The number of rotatable bonds is 4. The Morgan fingerprint density at radius 1 is 1.41 bits per heavy atom. The number of aromatic amines is 1. The summed E-state index contributed by atoms with van der Waals surface area (Å²) in [7, 11) is 0. The van der Waals surface area contributed by atoms with E-state index in [1.165, 1.54) is 42.8 Å². The van der Waals surface area contributed by atoms with E-state index in [0.29, 0.717) is 12.0 Å². The molecule has 2 aromatic rings. The molecule has 1 fully saturated rings. The van der Waals surface area contributed by atoms with Crippen molar-refractivity contribution in [2.24, 2.45) is 5.92 Å². The Bertz CT molecular complexity index is 665. The zero-order chi connectivity index (χ0) is 15.1. The number of fused-ring (bicyclic) bond motifs is 2. The quantitative estimate of drug-likeness (QED) is 0.934. The minimum absolute atomic E-state index is 0.664. The van der Waals surface area contributed by atoms with Crippen molar-refractivity contribution in [3.63, 3.8) is 0 Å². The predicted molar refractivity (Wildman–Crippen MR) is 94.7 cm³/mol. The molecule has 3 atom stereocenters. The van der Waals surface area contributed by atoms with Crippen LogP contribution in [0.1, 0.15) is 36.9 Å². The highest BCUT2D eigenvalue weighted by atomic mass is 32.2. The number of thioether (sulfide) groups is 1. The average Bonchev–Trinajstić information content (AvgIpc) is 2.94. The van der Waals surface area contributed by atoms with Gasteiger partial charge in [-0.15, -0.1) is 0 Å². The Kier molecular flexibility index (Phi) is 3.91. The highest BCUT2D eigenvalue weighted by molar-refractivity contribution is 7.98. The number of likely N-dealkylation sites (tertiary alicyclic amines) is 1. The lowest BCUT2D eigenvalue weighted by Crippen LogP contribution is -2.50. The fraction of sp³-hybridized carbons (Fsp3) is 0.611. The number of H-pyrrole nitrogens is 1. The summed E-state index contributed by atoms with van der Waals surface area (Å²) >= 11 is 2.00. The van der Waals surface area contributed by atoms with E-state index in [0.717, 1.165) is 17.9 Å². The molecule has 0 spiro atoms. The molecule has 1 N–H and O–H groups in total. The van der Waals surface area contributed by atoms with Gasteiger partial charge in [0.15, 0.2) is 0 Å². The number of nitrogens with zero attached hydrogens (tertiary/aromatic N) is 2. The van der Waals surface area contributed by atoms with Crippen LogP contribution in [0.3, 0.4) is 0 Å². The van der Waals surface area contributed by atoms with Gasteiger partial charge >= 0.3 is 0 Å². The van der Waals surface area contributed by atoms with Gasteiger partial charge in [0.1, 0.15) is 0 Å². The molecule has 1 unspecified atom stereocenters. The molecule has 2 aliphatic rings. The van der Waals surface area contributed by atoms with E-state index in [1.54, 1.807) is 5.56 Å². The molecule has 2 heterocycles. The van der Waals surface area contributed by atoms with Gasteiger partial charge in [0, 0.05) is 36.0 Å². The minimum atomic E-state index is 0.664. The number of piperidine rings is 1. The van der Waals surface area contributed by atoms with Crippen molar-refractivity contribution in [2.75, 3.05) is 25.1 Å². The van der Waals surface area contributed by atoms with E-state index >= 15 is 0 Å². The van der Waals surface area contributed by atoms with Crippen molar-refractivity contribution in [1.82, 2.24) is 15.1 Å². The molecule has 1 aromatic heterocycles. The summed E-state index contributed by atoms with van der Waals surface area (Å²) in [5.41, 5.74) is 4.06. The molecule has 22 heavy (non-hydrogen) atoms. The maximum atomic E-state index is 4.53. The fourth-order valence-electron chi connectivity index (χ4n) is 4.65. The summed E-state index contributed by atoms with van der Waals surface area (Å²) in [6.07, 6.45) is 5.97. The molecule has 1 aromatic carbocycles. The zero-order valence-electron chi connectivity index (χ0n) is 13.5. The second kappa shape index (κ2) is 5.89. The van der Waals surface area contributed by atoms with Crippen LogP contribution in [0.15, 0.2) is 18.2 Å². The minimum Gasteiger partial charge on any atom is -0.299 e. The molecule has 0 amide bonds. The Morgan fingerprint density at radius 3 is 3.14 bits per heavy atom. The third kappa shape index (κ3) is 2.28. The first kappa shape index (κ1) is 14.6. The van der Waals surface area contributed by atoms with Gasteiger partial charge in [-0.3, -0.25) is 10.00 Å². The number of hydrogen-bond acceptors (Lipinski definition) is 3. The van der Waals surface area contributed by atoms with Crippen LogP contribution < -0.4 is 0 Å². The topological polar surface area (TPSA) is 31.9 Å². The third-order valence-corrected chi connectivity index (χ3v) is 6.23. The van der Waals surface area contributed by atoms with Gasteiger partial charge in [-0.25, -0.2) is 0 Å². The monoisotopic (exact) mass is 315 g/mol. The number of hydrogen-bond donors (Lipinski definition) is 1. The van der Waals surface area contributed by atoms with E-state index in [1.807, 2.05) is 11.8 Å². The Hall–Kier alpha value is -1.00. The lowest BCUT2D eigenvalue weighted by atomic mass is 9.73. The van der Waals surface area contributed by atoms with E-state index in [2.05, 4.69) is 46.5 Å². The first-order valence-corrected chi connectivity index (χ1v) is 9.90. The average molecular weight is 315 g/mol. The number of benzene rings is 1. The van der Waals surface area contributed by atoms with Gasteiger partial charge in [-0.2, -0.15) is 16.9 Å². The summed E-state index contributed by atoms with van der Waals surface area (Å²) in [5, 5.41) is 9.26. The zero-order valence-corrected chi connectivity index (χ0v) is 14.3. The maximum Gasteiger partial charge on any atom is 0.0926 e. The smallest absolute Gasteiger partial charge is 0.0926 e. The van der Waals surface area contributed by atoms with Crippen molar-refractivity contribution < 1.29 is 0 Å². The molecule has 4 heteroatoms. The molecule has 0 radical (unpaired) electrons. The summed E-state index contributed by atoms with van der Waals surface area (Å²) in [6, 6.07) is 7.35. The molecule has 1 aliphatic heterocycles. The first-order chi connectivity index (χ1) is 10.8. The van der Waals surface area contributed by atoms with Crippen molar-refractivity contribution in [2.45, 2.75) is 38.1 Å². The molecular weight excluding hydrogens is 290 g/mol. The van der Waals surface area contributed by atoms with Crippen LogP contribution in [0.4, 0.5) is 0 Å². The first-order valence-electron chi connectivity index (χ1n) is 8.50. The summed E-state index contributed by atoms with van der Waals surface area (Å²) in [6.45, 7) is 4.80. The normalized spacial score (nSPS) is 28.0. The van der Waals surface area contributed by atoms with Gasteiger partial charge in [0.2, 0.25) is 0 Å². The van der Waals surface area contributed by atoms with Gasteiger partial charge in [-0.05, 0) is 48.9 Å². The summed E-state index contributed by atoms with van der Waals surface area (Å²) in [4.78, 5) is 2.76. The van der Waals surface area contributed by atoms with Crippen molar-refractivity contribution in [3.8, 4) is 0 Å². The Balaban J connectivity index is 1.75. The molecule has 0 saturated carbocycles. The maximum absolute atomic E-state index is 4.53. The standard InChI is InChI=1S/C18H25N3S/c1-3-7-21-10-12(11-22-2)8-14-13-5-4-6-15-18(13)16(20-19-15)9-17(14)21/h4-6,12,14,17H,3,7-11H2,1-2H3,(H,19,20)/t12?,14-,17-/m1/s1. The van der Waals surface area contributed by atoms with E-state index in [9.17, 15) is 0 Å². The highest BCUT2D eigenvalue weighted by Gasteiger charge is 2.40. The van der Waals surface area contributed by atoms with Gasteiger partial charge in [0.05, 0.1) is 5.52 Å². The fourth-order valence-corrected chi connectivity index (χ4v) is 5.36. The second-order valence-electron chi connectivity index (χ2n) is 6.87. The molecule has 0 bridgehead atoms. The van der Waals surface area contributed by atoms with E-state index < -0.39 is 0 Å². The van der Waals surface area contributed by atoms with Crippen LogP contribution in [-0.2, 0) is 6.42 Å². The second-order valence-corrected chi connectivity index (χ2v) is 7.78. The molecule has 3 nitrogen and oxygen atoms in total. The van der Waals surface area contributed by atoms with Crippen LogP contribution in [0.25, 0.3) is 10.9 Å². The SMILES string of the molecule is CCCN1CC(CSC)C[C@@H]2c3cccc4n[nH]c(c34)C[C@H]21. The molecule has 1 saturated heterocycles. The van der Waals surface area contributed by atoms with Crippen LogP contribution in [0, 0.1) is 5.92 Å². The van der Waals surface area contributed by atoms with Crippen LogP contribution in [-0.4, -0.2) is 46.2 Å². The number of nitrogens with one attached hydrogen (secondary N) is 1. The van der Waals surface area contributed by atoms with Crippen LogP contribution >= 0.6 is 11.8 Å². The van der Waals surface area contributed by atoms with Crippen molar-refractivity contribution >= 4 is 22.7 Å². The predicted octanol–water partition coefficient (Wildman–Crippen LogP) is 3.67. The Morgan fingerprint density at radius 2 is 2.32 bits per heavy atom. The van der Waals surface area contributed by atoms with Gasteiger partial charge in [-0.1, -0.05) is 19.1 Å². The van der Waals surface area contributed by atoms with Gasteiger partial charge in [0.25, 0.3) is 0 Å². The van der Waals surface area contributed by atoms with E-state index in [4.69, 9.17) is 0 Å². The van der Waals surface area contributed by atoms with E-state index in [-0.39, 0.29) is 0 Å². The Labute approximate surface area is 136 Å². The highest BCUT2D eigenvalue weighted by Crippen LogP contribution is 2.44. The third-order valence-electron chi connectivity index (χ3n) is 5.43. The lowest BCUT2D eigenvalue weighted by Gasteiger charge is -2.47. The summed E-state index contributed by atoms with van der Waals surface area (Å²) < 4.78 is 0. The molecule has 1 aliphatic carbocycles. The summed E-state index contributed by atoms with van der Waals surface area (Å²) in [5.74, 6) is 2.80. The largest absolute Gasteiger partial charge is 0.299 e. The molecular formula is C18H25N3S. The van der Waals surface area contributed by atoms with Crippen molar-refractivity contribution in [1.29, 1.82) is 0 Å². The van der Waals surface area contributed by atoms with Crippen LogP contribution in [0.2, 0.25) is 0 Å². The lowest BCUT2D eigenvalue weighted by molar-refractivity contribution is 0.0919. The van der Waals surface area contributed by atoms with Crippen LogP contribution in [0.5, 0.6) is 0 Å². The van der Waals surface area contributed by atoms with Crippen molar-refractivity contribution in [3.05, 3.63) is 29.5 Å². The van der Waals surface area contributed by atoms with Gasteiger partial charge < -0.3 is 0 Å².